The van der Waals surface area contributed by atoms with Crippen molar-refractivity contribution in [2.45, 2.75) is 18.6 Å². The normalized spacial score (nSPS) is 10.7. The first-order valence-corrected chi connectivity index (χ1v) is 12.0. The Labute approximate surface area is 198 Å². The maximum Gasteiger partial charge on any atom is 0.251 e. The molecule has 2 N–H and O–H groups in total. The topological polar surface area (TPSA) is 76.0 Å². The Morgan fingerprint density at radius 3 is 2.70 bits per heavy atom. The van der Waals surface area contributed by atoms with Gasteiger partial charge >= 0.3 is 0 Å². The molecular weight excluding hydrogens is 459 g/mol. The number of hydrogen-bond donors (Lipinski definition) is 2. The highest BCUT2D eigenvalue weighted by molar-refractivity contribution is 7.99. The molecule has 33 heavy (non-hydrogen) atoms. The van der Waals surface area contributed by atoms with Crippen LogP contribution in [0.25, 0.3) is 5.69 Å². The van der Waals surface area contributed by atoms with Gasteiger partial charge in [-0.05, 0) is 60.3 Å². The van der Waals surface area contributed by atoms with Gasteiger partial charge in [-0.1, -0.05) is 23.9 Å². The molecule has 0 aliphatic heterocycles. The lowest BCUT2D eigenvalue weighted by molar-refractivity contribution is -0.113. The Bertz CT molecular complexity index is 1250. The summed E-state index contributed by atoms with van der Waals surface area (Å²) in [5.74, 6) is -0.634. The fraction of sp³-hybridized carbons (Fsp3) is 0.125. The number of aryl methyl sites for hydroxylation is 1. The van der Waals surface area contributed by atoms with E-state index in [9.17, 15) is 14.0 Å². The third-order valence-corrected chi connectivity index (χ3v) is 6.65. The minimum atomic E-state index is -0.361. The number of thioether (sulfide) groups is 1. The largest absolute Gasteiger partial charge is 0.347 e. The maximum absolute atomic E-state index is 13.7. The van der Waals surface area contributed by atoms with Crippen LogP contribution in [0.5, 0.6) is 0 Å². The van der Waals surface area contributed by atoms with E-state index in [-0.39, 0.29) is 23.4 Å². The van der Waals surface area contributed by atoms with Crippen molar-refractivity contribution < 1.29 is 14.0 Å². The van der Waals surface area contributed by atoms with Gasteiger partial charge in [0.2, 0.25) is 5.91 Å². The molecule has 0 spiro atoms. The molecule has 0 radical (unpaired) electrons. The van der Waals surface area contributed by atoms with Gasteiger partial charge in [0.1, 0.15) is 5.82 Å². The highest BCUT2D eigenvalue weighted by Gasteiger charge is 2.11. The summed E-state index contributed by atoms with van der Waals surface area (Å²) in [6.07, 6.45) is 3.44. The number of carbonyl (C=O) groups excluding carboxylic acids is 2. The molecule has 2 heterocycles. The van der Waals surface area contributed by atoms with Crippen LogP contribution in [0, 0.1) is 12.7 Å². The van der Waals surface area contributed by atoms with E-state index in [1.165, 1.54) is 17.8 Å². The Hall–Kier alpha value is -3.43. The molecule has 4 rings (SSSR count). The van der Waals surface area contributed by atoms with E-state index in [1.807, 2.05) is 34.2 Å². The van der Waals surface area contributed by atoms with E-state index >= 15 is 0 Å². The van der Waals surface area contributed by atoms with Gasteiger partial charge in [0.15, 0.2) is 5.16 Å². The zero-order chi connectivity index (χ0) is 23.2. The first-order chi connectivity index (χ1) is 16.0. The monoisotopic (exact) mass is 480 g/mol. The van der Waals surface area contributed by atoms with E-state index < -0.39 is 0 Å². The number of nitrogens with one attached hydrogen (secondary N) is 2. The number of halogens is 1. The number of hydrogen-bond acceptors (Lipinski definition) is 5. The van der Waals surface area contributed by atoms with Gasteiger partial charge in [-0.2, -0.15) is 0 Å². The molecule has 0 unspecified atom stereocenters. The van der Waals surface area contributed by atoms with E-state index in [2.05, 4.69) is 15.6 Å². The molecule has 0 saturated carbocycles. The molecule has 2 aromatic carbocycles. The summed E-state index contributed by atoms with van der Waals surface area (Å²) in [7, 11) is 0. The van der Waals surface area contributed by atoms with Crippen LogP contribution in [0.4, 0.5) is 10.1 Å². The molecular formula is C24H21FN4O2S2. The molecule has 0 atom stereocenters. The minimum Gasteiger partial charge on any atom is -0.347 e. The van der Waals surface area contributed by atoms with Gasteiger partial charge in [0.05, 0.1) is 12.3 Å². The summed E-state index contributed by atoms with van der Waals surface area (Å²) in [6.45, 7) is 2.17. The quantitative estimate of drug-likeness (QED) is 0.347. The van der Waals surface area contributed by atoms with Crippen molar-refractivity contribution in [3.8, 4) is 5.69 Å². The molecule has 2 aromatic heterocycles. The molecule has 0 bridgehead atoms. The number of amides is 2. The summed E-state index contributed by atoms with van der Waals surface area (Å²) < 4.78 is 15.5. The molecule has 4 aromatic rings. The first kappa shape index (κ1) is 22.8. The van der Waals surface area contributed by atoms with Crippen molar-refractivity contribution in [3.05, 3.63) is 94.2 Å². The Morgan fingerprint density at radius 2 is 1.97 bits per heavy atom. The fourth-order valence-electron chi connectivity index (χ4n) is 3.05. The lowest BCUT2D eigenvalue weighted by Crippen LogP contribution is -2.22. The van der Waals surface area contributed by atoms with Crippen LogP contribution in [0.15, 0.2) is 77.5 Å². The van der Waals surface area contributed by atoms with Crippen molar-refractivity contribution in [3.63, 3.8) is 0 Å². The summed E-state index contributed by atoms with van der Waals surface area (Å²) >= 11 is 2.87. The SMILES string of the molecule is Cc1ccc(NC(=O)CSc2nccn2-c2ccc(C(=O)NCc3cccs3)cc2)cc1F. The second-order valence-corrected chi connectivity index (χ2v) is 9.16. The second-order valence-electron chi connectivity index (χ2n) is 7.19. The van der Waals surface area contributed by atoms with Crippen LogP contribution in [-0.4, -0.2) is 27.1 Å². The van der Waals surface area contributed by atoms with Gasteiger partial charge in [-0.3, -0.25) is 14.2 Å². The average molecular weight is 481 g/mol. The van der Waals surface area contributed by atoms with Crippen molar-refractivity contribution in [1.82, 2.24) is 14.9 Å². The number of nitrogens with zero attached hydrogens (tertiary/aromatic N) is 2. The average Bonchev–Trinajstić information content (AvgIpc) is 3.51. The molecule has 2 amide bonds. The predicted octanol–water partition coefficient (Wildman–Crippen LogP) is 5.04. The van der Waals surface area contributed by atoms with Gasteiger partial charge < -0.3 is 10.6 Å². The standard InChI is InChI=1S/C24H21FN4O2S2/c1-16-4-7-18(13-21(16)25)28-22(30)15-33-24-26-10-11-29(24)19-8-5-17(6-9-19)23(31)27-14-20-3-2-12-32-20/h2-13H,14-15H2,1H3,(H,27,31)(H,28,30). The summed E-state index contributed by atoms with van der Waals surface area (Å²) in [5, 5.41) is 8.21. The van der Waals surface area contributed by atoms with Crippen LogP contribution in [-0.2, 0) is 11.3 Å². The number of benzene rings is 2. The van der Waals surface area contributed by atoms with Gasteiger partial charge in [-0.25, -0.2) is 9.37 Å². The van der Waals surface area contributed by atoms with E-state index in [1.54, 1.807) is 54.9 Å². The van der Waals surface area contributed by atoms with Gasteiger partial charge in [-0.15, -0.1) is 11.3 Å². The molecule has 168 valence electrons. The van der Waals surface area contributed by atoms with Crippen LogP contribution >= 0.6 is 23.1 Å². The number of rotatable bonds is 8. The molecule has 0 aliphatic rings. The smallest absolute Gasteiger partial charge is 0.251 e. The van der Waals surface area contributed by atoms with Gasteiger partial charge in [0, 0.05) is 34.2 Å². The first-order valence-electron chi connectivity index (χ1n) is 10.1. The summed E-state index contributed by atoms with van der Waals surface area (Å²) in [4.78, 5) is 30.1. The third-order valence-electron chi connectivity index (χ3n) is 4.81. The number of carbonyl (C=O) groups is 2. The number of thiophene rings is 1. The predicted molar refractivity (Wildman–Crippen MR) is 130 cm³/mol. The Morgan fingerprint density at radius 1 is 1.15 bits per heavy atom. The molecule has 0 aliphatic carbocycles. The van der Waals surface area contributed by atoms with Gasteiger partial charge in [0.25, 0.3) is 5.91 Å². The highest BCUT2D eigenvalue weighted by Crippen LogP contribution is 2.22. The van der Waals surface area contributed by atoms with Crippen LogP contribution in [0.3, 0.4) is 0 Å². The third kappa shape index (κ3) is 5.88. The van der Waals surface area contributed by atoms with Crippen molar-refractivity contribution in [2.75, 3.05) is 11.1 Å². The highest BCUT2D eigenvalue weighted by atomic mass is 32.2. The summed E-state index contributed by atoms with van der Waals surface area (Å²) in [5.41, 5.74) is 2.33. The lowest BCUT2D eigenvalue weighted by Gasteiger charge is -2.09. The zero-order valence-corrected chi connectivity index (χ0v) is 19.4. The van der Waals surface area contributed by atoms with E-state index in [0.717, 1.165) is 10.6 Å². The Kier molecular flexibility index (Phi) is 7.21. The number of imidazole rings is 1. The number of aromatic nitrogens is 2. The summed E-state index contributed by atoms with van der Waals surface area (Å²) in [6, 6.07) is 15.7. The second kappa shape index (κ2) is 10.5. The van der Waals surface area contributed by atoms with Crippen molar-refractivity contribution in [1.29, 1.82) is 0 Å². The molecule has 0 saturated heterocycles. The lowest BCUT2D eigenvalue weighted by atomic mass is 10.2. The van der Waals surface area contributed by atoms with Crippen molar-refractivity contribution >= 4 is 40.6 Å². The molecule has 6 nitrogen and oxygen atoms in total. The fourth-order valence-corrected chi connectivity index (χ4v) is 4.46. The van der Waals surface area contributed by atoms with Crippen LogP contribution in [0.1, 0.15) is 20.8 Å². The Balaban J connectivity index is 1.35. The van der Waals surface area contributed by atoms with E-state index in [0.29, 0.717) is 28.5 Å². The minimum absolute atomic E-state index is 0.121. The van der Waals surface area contributed by atoms with E-state index in [4.69, 9.17) is 0 Å². The number of anilines is 1. The van der Waals surface area contributed by atoms with Crippen molar-refractivity contribution in [2.24, 2.45) is 0 Å². The molecule has 0 fully saturated rings. The maximum atomic E-state index is 13.7. The van der Waals surface area contributed by atoms with Crippen LogP contribution < -0.4 is 10.6 Å². The zero-order valence-electron chi connectivity index (χ0n) is 17.7. The molecule has 9 heteroatoms. The van der Waals surface area contributed by atoms with Crippen LogP contribution in [0.2, 0.25) is 0 Å².